The van der Waals surface area contributed by atoms with Crippen LogP contribution in [0, 0.1) is 19.8 Å². The van der Waals surface area contributed by atoms with Crippen molar-refractivity contribution in [1.29, 1.82) is 0 Å². The highest BCUT2D eigenvalue weighted by Crippen LogP contribution is 2.28. The third kappa shape index (κ3) is 9.76. The molecule has 1 aromatic heterocycles. The van der Waals surface area contributed by atoms with Crippen LogP contribution in [0.3, 0.4) is 0 Å². The van der Waals surface area contributed by atoms with Crippen LogP contribution in [0.5, 0.6) is 0 Å². The van der Waals surface area contributed by atoms with Crippen LogP contribution in [0.15, 0.2) is 48.7 Å². The first-order valence-corrected chi connectivity index (χ1v) is 15.3. The van der Waals surface area contributed by atoms with E-state index in [1.807, 2.05) is 13.1 Å². The number of aryl methyl sites for hydroxylation is 2. The van der Waals surface area contributed by atoms with E-state index in [1.54, 1.807) is 24.3 Å². The third-order valence-electron chi connectivity index (χ3n) is 7.40. The summed E-state index contributed by atoms with van der Waals surface area (Å²) in [6.45, 7) is 15.1. The molecule has 0 bridgehead atoms. The fourth-order valence-electron chi connectivity index (χ4n) is 5.42. The lowest BCUT2D eigenvalue weighted by Gasteiger charge is -2.28. The molecule has 0 unspecified atom stereocenters. The Morgan fingerprint density at radius 3 is 2.36 bits per heavy atom. The van der Waals surface area contributed by atoms with E-state index in [4.69, 9.17) is 4.98 Å². The highest BCUT2D eigenvalue weighted by Gasteiger charge is 2.27. The number of aromatic nitrogens is 2. The fraction of sp³-hybridized carbons (Fsp3) is 0.486. The van der Waals surface area contributed by atoms with E-state index < -0.39 is 5.97 Å². The number of ether oxygens (including phenoxy) is 1. The van der Waals surface area contributed by atoms with Gasteiger partial charge >= 0.3 is 5.97 Å². The van der Waals surface area contributed by atoms with Gasteiger partial charge in [-0.05, 0) is 74.4 Å². The molecule has 0 radical (unpaired) electrons. The van der Waals surface area contributed by atoms with Gasteiger partial charge in [0.05, 0.1) is 18.4 Å². The van der Waals surface area contributed by atoms with Gasteiger partial charge in [-0.1, -0.05) is 58.7 Å². The molecule has 0 fully saturated rings. The Morgan fingerprint density at radius 1 is 1.00 bits per heavy atom. The van der Waals surface area contributed by atoms with Gasteiger partial charge in [0, 0.05) is 48.6 Å². The van der Waals surface area contributed by atoms with E-state index in [0.717, 1.165) is 37.5 Å². The molecule has 1 aliphatic heterocycles. The van der Waals surface area contributed by atoms with Crippen molar-refractivity contribution >= 4 is 23.4 Å². The van der Waals surface area contributed by atoms with Crippen molar-refractivity contribution < 1.29 is 14.3 Å². The molecule has 42 heavy (non-hydrogen) atoms. The molecular formula is C35H48N4O3. The molecule has 7 heteroatoms. The average Bonchev–Trinajstić information content (AvgIpc) is 3.38. The fourth-order valence-corrected chi connectivity index (χ4v) is 5.42. The molecule has 1 atom stereocenters. The minimum absolute atomic E-state index is 0.0765. The monoisotopic (exact) mass is 572 g/mol. The summed E-state index contributed by atoms with van der Waals surface area (Å²) in [5.74, 6) is 1.09. The molecule has 1 N–H and O–H groups in total. The van der Waals surface area contributed by atoms with Crippen LogP contribution < -0.4 is 5.32 Å². The van der Waals surface area contributed by atoms with Crippen molar-refractivity contribution in [2.75, 3.05) is 12.4 Å². The molecular weight excluding hydrogens is 524 g/mol. The zero-order valence-electron chi connectivity index (χ0n) is 26.5. The van der Waals surface area contributed by atoms with Gasteiger partial charge in [0.2, 0.25) is 5.95 Å². The number of Topliss-reactive ketones (excluding diaryl/α,β-unsaturated/α-hetero) is 1. The van der Waals surface area contributed by atoms with Crippen LogP contribution in [0.2, 0.25) is 0 Å². The third-order valence-corrected chi connectivity index (χ3v) is 7.40. The minimum atomic E-state index is -0.412. The van der Waals surface area contributed by atoms with E-state index in [9.17, 15) is 9.59 Å². The summed E-state index contributed by atoms with van der Waals surface area (Å²) < 4.78 is 4.60. The molecule has 1 aliphatic rings. The molecule has 0 saturated carbocycles. The van der Waals surface area contributed by atoms with Gasteiger partial charge in [0.15, 0.2) is 5.78 Å². The molecule has 2 heterocycles. The first-order valence-electron chi connectivity index (χ1n) is 15.3. The normalized spacial score (nSPS) is 13.2. The summed E-state index contributed by atoms with van der Waals surface area (Å²) in [4.78, 5) is 34.9. The van der Waals surface area contributed by atoms with E-state index in [1.165, 1.54) is 48.8 Å². The highest BCUT2D eigenvalue weighted by molar-refractivity contribution is 5.99. The highest BCUT2D eigenvalue weighted by atomic mass is 16.5. The van der Waals surface area contributed by atoms with Crippen LogP contribution in [0.25, 0.3) is 0 Å². The Kier molecular flexibility index (Phi) is 12.7. The summed E-state index contributed by atoms with van der Waals surface area (Å²) in [7, 11) is 1.33. The maximum atomic E-state index is 11.7. The van der Waals surface area contributed by atoms with Crippen molar-refractivity contribution in [3.8, 4) is 0 Å². The van der Waals surface area contributed by atoms with Gasteiger partial charge in [0.25, 0.3) is 0 Å². The zero-order chi connectivity index (χ0) is 30.6. The quantitative estimate of drug-likeness (QED) is 0.173. The number of esters is 1. The topological polar surface area (TPSA) is 84.4 Å². The number of hydrogen-bond acceptors (Lipinski definition) is 7. The summed E-state index contributed by atoms with van der Waals surface area (Å²) in [5, 5.41) is 3.38. The molecule has 226 valence electrons. The standard InChI is InChI=1S/C22H32N4.C13H16O3/c1-6-7-20(8-15(2)3)26-13-18-12-23-22(25-21(18)14-26)24-19-10-16(4)9-17(5)11-19;1-3-4-8-12(14)10-6-5-7-11(9-10)13(15)16-2/h9-12,15,20H,6-8,13-14H2,1-5H3,(H,23,24,25);5-7,9H,3-4,8H2,1-2H3/t20-;/m1./s1. The summed E-state index contributed by atoms with van der Waals surface area (Å²) in [6, 6.07) is 13.7. The van der Waals surface area contributed by atoms with Crippen molar-refractivity contribution in [2.45, 2.75) is 99.2 Å². The van der Waals surface area contributed by atoms with Crippen molar-refractivity contribution in [3.05, 3.63) is 82.2 Å². The molecule has 7 nitrogen and oxygen atoms in total. The number of nitrogens with one attached hydrogen (secondary N) is 1. The molecule has 0 amide bonds. The largest absolute Gasteiger partial charge is 0.465 e. The molecule has 2 aromatic carbocycles. The Bertz CT molecular complexity index is 1320. The number of carbonyl (C=O) groups excluding carboxylic acids is 2. The number of carbonyl (C=O) groups is 2. The number of rotatable bonds is 12. The molecule has 0 aliphatic carbocycles. The summed E-state index contributed by atoms with van der Waals surface area (Å²) in [6.07, 6.45) is 8.14. The first kappa shape index (κ1) is 32.9. The number of unbranched alkanes of at least 4 members (excludes halogenated alkanes) is 1. The van der Waals surface area contributed by atoms with E-state index in [0.29, 0.717) is 29.5 Å². The van der Waals surface area contributed by atoms with E-state index in [-0.39, 0.29) is 5.78 Å². The predicted molar refractivity (Wildman–Crippen MR) is 170 cm³/mol. The number of fused-ring (bicyclic) bond motifs is 1. The van der Waals surface area contributed by atoms with Gasteiger partial charge in [-0.3, -0.25) is 9.69 Å². The van der Waals surface area contributed by atoms with Crippen molar-refractivity contribution in [2.24, 2.45) is 5.92 Å². The average molecular weight is 573 g/mol. The van der Waals surface area contributed by atoms with Crippen LogP contribution in [-0.2, 0) is 17.8 Å². The minimum Gasteiger partial charge on any atom is -0.465 e. The van der Waals surface area contributed by atoms with Gasteiger partial charge < -0.3 is 10.1 Å². The second-order valence-electron chi connectivity index (χ2n) is 11.7. The SMILES string of the molecule is CCCCC(=O)c1cccc(C(=O)OC)c1.CCC[C@H](CC(C)C)N1Cc2cnc(Nc3cc(C)cc(C)c3)nc2C1. The van der Waals surface area contributed by atoms with Gasteiger partial charge in [-0.15, -0.1) is 0 Å². The number of nitrogens with zero attached hydrogens (tertiary/aromatic N) is 3. The number of hydrogen-bond donors (Lipinski definition) is 1. The van der Waals surface area contributed by atoms with Crippen molar-refractivity contribution in [1.82, 2.24) is 14.9 Å². The Labute approximate surface area is 252 Å². The Hall–Kier alpha value is -3.58. The van der Waals surface area contributed by atoms with Crippen LogP contribution in [-0.4, -0.2) is 39.8 Å². The lowest BCUT2D eigenvalue weighted by molar-refractivity contribution is 0.0600. The second-order valence-corrected chi connectivity index (χ2v) is 11.7. The number of ketones is 1. The number of anilines is 2. The molecule has 0 spiro atoms. The van der Waals surface area contributed by atoms with Crippen LogP contribution in [0.4, 0.5) is 11.6 Å². The maximum absolute atomic E-state index is 11.7. The predicted octanol–water partition coefficient (Wildman–Crippen LogP) is 8.21. The van der Waals surface area contributed by atoms with Crippen LogP contribution in [0.1, 0.15) is 109 Å². The zero-order valence-corrected chi connectivity index (χ0v) is 26.5. The van der Waals surface area contributed by atoms with Crippen LogP contribution >= 0.6 is 0 Å². The lowest BCUT2D eigenvalue weighted by atomic mass is 9.99. The van der Waals surface area contributed by atoms with Gasteiger partial charge in [-0.25, -0.2) is 14.8 Å². The van der Waals surface area contributed by atoms with Gasteiger partial charge in [0.1, 0.15) is 0 Å². The second kappa shape index (κ2) is 16.2. The Balaban J connectivity index is 0.000000260. The smallest absolute Gasteiger partial charge is 0.337 e. The number of benzene rings is 2. The molecule has 0 saturated heterocycles. The van der Waals surface area contributed by atoms with E-state index in [2.05, 4.69) is 72.8 Å². The van der Waals surface area contributed by atoms with Gasteiger partial charge in [-0.2, -0.15) is 0 Å². The van der Waals surface area contributed by atoms with Crippen molar-refractivity contribution in [3.63, 3.8) is 0 Å². The lowest BCUT2D eigenvalue weighted by Crippen LogP contribution is -2.31. The maximum Gasteiger partial charge on any atom is 0.337 e. The number of methoxy groups -OCH3 is 1. The molecule has 3 aromatic rings. The Morgan fingerprint density at radius 2 is 1.71 bits per heavy atom. The molecule has 4 rings (SSSR count). The summed E-state index contributed by atoms with van der Waals surface area (Å²) in [5.41, 5.74) is 7.01. The first-order chi connectivity index (χ1) is 20.1. The van der Waals surface area contributed by atoms with E-state index >= 15 is 0 Å². The summed E-state index contributed by atoms with van der Waals surface area (Å²) >= 11 is 0.